The van der Waals surface area contributed by atoms with Crippen LogP contribution in [0.2, 0.25) is 0 Å². The highest BCUT2D eigenvalue weighted by Gasteiger charge is 2.04. The molecule has 0 saturated carbocycles. The first-order valence-corrected chi connectivity index (χ1v) is 5.54. The van der Waals surface area contributed by atoms with Crippen LogP contribution in [0.15, 0.2) is 36.5 Å². The Labute approximate surface area is 95.9 Å². The summed E-state index contributed by atoms with van der Waals surface area (Å²) in [5.74, 6) is 0.947. The molecule has 3 nitrogen and oxygen atoms in total. The molecule has 0 spiro atoms. The number of aromatic nitrogens is 2. The second-order valence-corrected chi connectivity index (χ2v) is 3.91. The quantitative estimate of drug-likeness (QED) is 0.843. The van der Waals surface area contributed by atoms with Gasteiger partial charge in [-0.1, -0.05) is 30.3 Å². The molecule has 0 atom stereocenters. The van der Waals surface area contributed by atoms with Crippen LogP contribution >= 0.6 is 0 Å². The molecule has 0 radical (unpaired) electrons. The highest BCUT2D eigenvalue weighted by molar-refractivity contribution is 5.16. The van der Waals surface area contributed by atoms with Gasteiger partial charge in [-0.3, -0.25) is 0 Å². The average molecular weight is 215 g/mol. The largest absolute Gasteiger partial charge is 0.334 e. The Balaban J connectivity index is 2.02. The lowest BCUT2D eigenvalue weighted by atomic mass is 10.1. The number of rotatable bonds is 4. The summed E-state index contributed by atoms with van der Waals surface area (Å²) in [6.45, 7) is 0.502. The van der Waals surface area contributed by atoms with E-state index in [-0.39, 0.29) is 0 Å². The minimum atomic E-state index is 0.502. The number of hydrogen-bond donors (Lipinski definition) is 1. The minimum Gasteiger partial charge on any atom is -0.334 e. The van der Waals surface area contributed by atoms with Gasteiger partial charge in [0.05, 0.1) is 6.54 Å². The van der Waals surface area contributed by atoms with Gasteiger partial charge in [0.1, 0.15) is 5.82 Å². The first kappa shape index (κ1) is 10.9. The molecule has 1 aromatic carbocycles. The molecule has 1 heterocycles. The molecule has 0 unspecified atom stereocenters. The highest BCUT2D eigenvalue weighted by Crippen LogP contribution is 2.08. The molecule has 0 fully saturated rings. The van der Waals surface area contributed by atoms with Crippen molar-refractivity contribution in [1.29, 1.82) is 0 Å². The first-order chi connectivity index (χ1) is 7.81. The standard InChI is InChI=1S/C13H17N3/c1-16-12(10-15-13(16)9-14)8-7-11-5-3-2-4-6-11/h2-6,10H,7-9,14H2,1H3. The molecule has 2 rings (SSSR count). The molecule has 3 heteroatoms. The van der Waals surface area contributed by atoms with Gasteiger partial charge in [-0.2, -0.15) is 0 Å². The summed E-state index contributed by atoms with van der Waals surface area (Å²) in [5, 5.41) is 0. The molecule has 0 aliphatic carbocycles. The SMILES string of the molecule is Cn1c(CCc2ccccc2)cnc1CN. The lowest BCUT2D eigenvalue weighted by Gasteiger charge is -2.04. The van der Waals surface area contributed by atoms with E-state index in [0.29, 0.717) is 6.54 Å². The second-order valence-electron chi connectivity index (χ2n) is 3.91. The summed E-state index contributed by atoms with van der Waals surface area (Å²) in [6.07, 6.45) is 3.98. The fourth-order valence-corrected chi connectivity index (χ4v) is 1.83. The van der Waals surface area contributed by atoms with E-state index in [9.17, 15) is 0 Å². The van der Waals surface area contributed by atoms with Crippen LogP contribution in [-0.2, 0) is 26.4 Å². The van der Waals surface area contributed by atoms with Crippen molar-refractivity contribution in [2.24, 2.45) is 12.8 Å². The zero-order chi connectivity index (χ0) is 11.4. The molecule has 0 amide bonds. The van der Waals surface area contributed by atoms with E-state index in [1.807, 2.05) is 19.3 Å². The van der Waals surface area contributed by atoms with Gasteiger partial charge in [-0.25, -0.2) is 4.98 Å². The topological polar surface area (TPSA) is 43.8 Å². The summed E-state index contributed by atoms with van der Waals surface area (Å²) in [5.41, 5.74) is 8.19. The minimum absolute atomic E-state index is 0.502. The third kappa shape index (κ3) is 2.31. The van der Waals surface area contributed by atoms with Gasteiger partial charge < -0.3 is 10.3 Å². The lowest BCUT2D eigenvalue weighted by Crippen LogP contribution is -2.07. The zero-order valence-corrected chi connectivity index (χ0v) is 9.56. The van der Waals surface area contributed by atoms with Gasteiger partial charge in [-0.05, 0) is 18.4 Å². The van der Waals surface area contributed by atoms with Crippen molar-refractivity contribution in [3.63, 3.8) is 0 Å². The Morgan fingerprint density at radius 1 is 1.19 bits per heavy atom. The Morgan fingerprint density at radius 3 is 2.56 bits per heavy atom. The summed E-state index contributed by atoms with van der Waals surface area (Å²) < 4.78 is 2.09. The van der Waals surface area contributed by atoms with Crippen molar-refractivity contribution in [2.75, 3.05) is 0 Å². The molecular weight excluding hydrogens is 198 g/mol. The third-order valence-electron chi connectivity index (χ3n) is 2.88. The summed E-state index contributed by atoms with van der Waals surface area (Å²) >= 11 is 0. The van der Waals surface area contributed by atoms with Crippen LogP contribution in [0, 0.1) is 0 Å². The number of imidazole rings is 1. The summed E-state index contributed by atoms with van der Waals surface area (Å²) in [6, 6.07) is 10.5. The number of nitrogens with two attached hydrogens (primary N) is 1. The van der Waals surface area contributed by atoms with Crippen molar-refractivity contribution in [3.05, 3.63) is 53.6 Å². The van der Waals surface area contributed by atoms with Gasteiger partial charge in [0, 0.05) is 18.9 Å². The molecule has 84 valence electrons. The Morgan fingerprint density at radius 2 is 1.94 bits per heavy atom. The predicted octanol–water partition coefficient (Wildman–Crippen LogP) is 1.66. The number of benzene rings is 1. The molecule has 16 heavy (non-hydrogen) atoms. The third-order valence-corrected chi connectivity index (χ3v) is 2.88. The zero-order valence-electron chi connectivity index (χ0n) is 9.56. The Bertz CT molecular complexity index is 445. The van der Waals surface area contributed by atoms with Crippen LogP contribution in [0.4, 0.5) is 0 Å². The van der Waals surface area contributed by atoms with Crippen molar-refractivity contribution >= 4 is 0 Å². The molecular formula is C13H17N3. The molecule has 0 bridgehead atoms. The summed E-state index contributed by atoms with van der Waals surface area (Å²) in [7, 11) is 2.02. The molecule has 1 aromatic heterocycles. The second kappa shape index (κ2) is 4.94. The van der Waals surface area contributed by atoms with E-state index in [2.05, 4.69) is 33.8 Å². The fourth-order valence-electron chi connectivity index (χ4n) is 1.83. The predicted molar refractivity (Wildman–Crippen MR) is 64.9 cm³/mol. The van der Waals surface area contributed by atoms with E-state index in [0.717, 1.165) is 18.7 Å². The average Bonchev–Trinajstić information content (AvgIpc) is 2.69. The molecule has 2 aromatic rings. The normalized spacial score (nSPS) is 10.6. The van der Waals surface area contributed by atoms with E-state index in [1.54, 1.807) is 0 Å². The Kier molecular flexibility index (Phi) is 3.37. The van der Waals surface area contributed by atoms with Gasteiger partial charge >= 0.3 is 0 Å². The van der Waals surface area contributed by atoms with Crippen LogP contribution in [0.3, 0.4) is 0 Å². The molecule has 0 aliphatic heterocycles. The number of hydrogen-bond acceptors (Lipinski definition) is 2. The number of nitrogens with zero attached hydrogens (tertiary/aromatic N) is 2. The molecule has 0 aliphatic rings. The monoisotopic (exact) mass is 215 g/mol. The van der Waals surface area contributed by atoms with Gasteiger partial charge in [-0.15, -0.1) is 0 Å². The van der Waals surface area contributed by atoms with Crippen molar-refractivity contribution in [1.82, 2.24) is 9.55 Å². The highest BCUT2D eigenvalue weighted by atomic mass is 15.1. The van der Waals surface area contributed by atoms with Crippen LogP contribution in [0.1, 0.15) is 17.1 Å². The maximum Gasteiger partial charge on any atom is 0.122 e. The van der Waals surface area contributed by atoms with Crippen LogP contribution in [0.25, 0.3) is 0 Å². The summed E-state index contributed by atoms with van der Waals surface area (Å²) in [4.78, 5) is 4.28. The molecule has 0 saturated heterocycles. The Hall–Kier alpha value is -1.61. The smallest absolute Gasteiger partial charge is 0.122 e. The van der Waals surface area contributed by atoms with Crippen molar-refractivity contribution < 1.29 is 0 Å². The van der Waals surface area contributed by atoms with Crippen LogP contribution < -0.4 is 5.73 Å². The van der Waals surface area contributed by atoms with Crippen LogP contribution in [-0.4, -0.2) is 9.55 Å². The van der Waals surface area contributed by atoms with E-state index in [1.165, 1.54) is 11.3 Å². The fraction of sp³-hybridized carbons (Fsp3) is 0.308. The van der Waals surface area contributed by atoms with Gasteiger partial charge in [0.15, 0.2) is 0 Å². The lowest BCUT2D eigenvalue weighted by molar-refractivity contribution is 0.739. The van der Waals surface area contributed by atoms with E-state index in [4.69, 9.17) is 5.73 Å². The van der Waals surface area contributed by atoms with Crippen LogP contribution in [0.5, 0.6) is 0 Å². The first-order valence-electron chi connectivity index (χ1n) is 5.54. The van der Waals surface area contributed by atoms with E-state index >= 15 is 0 Å². The van der Waals surface area contributed by atoms with Gasteiger partial charge in [0.25, 0.3) is 0 Å². The molecule has 2 N–H and O–H groups in total. The van der Waals surface area contributed by atoms with Crippen molar-refractivity contribution in [3.8, 4) is 0 Å². The van der Waals surface area contributed by atoms with Crippen molar-refractivity contribution in [2.45, 2.75) is 19.4 Å². The number of aryl methyl sites for hydroxylation is 2. The van der Waals surface area contributed by atoms with Gasteiger partial charge in [0.2, 0.25) is 0 Å². The maximum absolute atomic E-state index is 5.59. The maximum atomic E-state index is 5.59. The van der Waals surface area contributed by atoms with E-state index < -0.39 is 0 Å².